The number of hydrogen-bond acceptors (Lipinski definition) is 1. The van der Waals surface area contributed by atoms with Gasteiger partial charge in [0.1, 0.15) is 5.75 Å². The molecule has 0 saturated carbocycles. The van der Waals surface area contributed by atoms with E-state index in [1.54, 1.807) is 0 Å². The second kappa shape index (κ2) is 2.40. The van der Waals surface area contributed by atoms with Crippen LogP contribution in [0.15, 0.2) is 18.2 Å². The molecule has 1 aliphatic rings. The van der Waals surface area contributed by atoms with Gasteiger partial charge in [-0.15, -0.1) is 0 Å². The maximum Gasteiger partial charge on any atom is 0.469 e. The van der Waals surface area contributed by atoms with Crippen LogP contribution >= 0.6 is 0 Å². The number of halogens is 4. The third-order valence-electron chi connectivity index (χ3n) is 2.15. The van der Waals surface area contributed by atoms with Gasteiger partial charge >= 0.3 is 12.0 Å². The van der Waals surface area contributed by atoms with E-state index < -0.39 is 23.3 Å². The van der Waals surface area contributed by atoms with Crippen molar-refractivity contribution in [3.8, 4) is 5.75 Å². The Bertz CT molecular complexity index is 386. The Morgan fingerprint density at radius 1 is 1.14 bits per heavy atom. The van der Waals surface area contributed by atoms with Crippen LogP contribution in [0, 0.1) is 6.92 Å². The number of para-hydroxylation sites is 1. The van der Waals surface area contributed by atoms with Gasteiger partial charge in [0.25, 0.3) is 0 Å². The molecule has 1 aliphatic heterocycles. The van der Waals surface area contributed by atoms with Crippen molar-refractivity contribution >= 4 is 0 Å². The molecule has 0 aliphatic carbocycles. The van der Waals surface area contributed by atoms with E-state index in [0.717, 1.165) is 6.07 Å². The monoisotopic (exact) mass is 206 g/mol. The average molecular weight is 206 g/mol. The molecular weight excluding hydrogens is 200 g/mol. The molecule has 0 bridgehead atoms. The van der Waals surface area contributed by atoms with E-state index in [0.29, 0.717) is 0 Å². The molecule has 14 heavy (non-hydrogen) atoms. The third kappa shape index (κ3) is 0.951. The van der Waals surface area contributed by atoms with Crippen LogP contribution in [0.2, 0.25) is 0 Å². The van der Waals surface area contributed by atoms with Gasteiger partial charge in [0, 0.05) is 0 Å². The van der Waals surface area contributed by atoms with E-state index in [2.05, 4.69) is 4.74 Å². The Morgan fingerprint density at radius 3 is 2.36 bits per heavy atom. The lowest BCUT2D eigenvalue weighted by atomic mass is 10.1. The highest BCUT2D eigenvalue weighted by Crippen LogP contribution is 2.54. The minimum atomic E-state index is -4.44. The lowest BCUT2D eigenvalue weighted by molar-refractivity contribution is -0.296. The number of benzene rings is 1. The number of fused-ring (bicyclic) bond motifs is 1. The van der Waals surface area contributed by atoms with E-state index in [1.165, 1.54) is 19.1 Å². The third-order valence-corrected chi connectivity index (χ3v) is 2.15. The Balaban J connectivity index is 2.66. The van der Waals surface area contributed by atoms with Crippen molar-refractivity contribution in [1.29, 1.82) is 0 Å². The van der Waals surface area contributed by atoms with Crippen LogP contribution in [0.4, 0.5) is 17.6 Å². The Morgan fingerprint density at radius 2 is 1.79 bits per heavy atom. The summed E-state index contributed by atoms with van der Waals surface area (Å²) in [4.78, 5) is 0. The van der Waals surface area contributed by atoms with Crippen molar-refractivity contribution in [2.45, 2.75) is 19.0 Å². The van der Waals surface area contributed by atoms with Crippen LogP contribution in [0.3, 0.4) is 0 Å². The highest BCUT2D eigenvalue weighted by atomic mass is 19.3. The lowest BCUT2D eigenvalue weighted by Gasteiger charge is -2.15. The molecule has 1 aromatic rings. The van der Waals surface area contributed by atoms with Crippen molar-refractivity contribution in [3.05, 3.63) is 29.3 Å². The molecule has 0 saturated heterocycles. The largest absolute Gasteiger partial charge is 0.469 e. The van der Waals surface area contributed by atoms with E-state index in [1.807, 2.05) is 0 Å². The topological polar surface area (TPSA) is 9.23 Å². The number of hydrogen-bond donors (Lipinski definition) is 0. The zero-order valence-corrected chi connectivity index (χ0v) is 7.15. The lowest BCUT2D eigenvalue weighted by Crippen LogP contribution is -2.36. The highest BCUT2D eigenvalue weighted by Gasteiger charge is 2.66. The highest BCUT2D eigenvalue weighted by molar-refractivity contribution is 5.47. The van der Waals surface area contributed by atoms with Crippen LogP contribution < -0.4 is 4.74 Å². The van der Waals surface area contributed by atoms with Gasteiger partial charge in [-0.3, -0.25) is 0 Å². The first kappa shape index (κ1) is 9.30. The van der Waals surface area contributed by atoms with Gasteiger partial charge in [-0.25, -0.2) is 0 Å². The maximum atomic E-state index is 13.0. The minimum absolute atomic E-state index is 0.277. The SMILES string of the molecule is Cc1cccc2c1OC(F)(F)C2(F)F. The molecular formula is C9H6F4O. The van der Waals surface area contributed by atoms with Crippen LogP contribution in [-0.2, 0) is 5.92 Å². The van der Waals surface area contributed by atoms with Gasteiger partial charge < -0.3 is 4.74 Å². The molecule has 2 rings (SSSR count). The fourth-order valence-corrected chi connectivity index (χ4v) is 1.38. The molecule has 1 nitrogen and oxygen atoms in total. The van der Waals surface area contributed by atoms with Gasteiger partial charge in [0.05, 0.1) is 5.56 Å². The smallest absolute Gasteiger partial charge is 0.427 e. The molecule has 0 fully saturated rings. The van der Waals surface area contributed by atoms with Crippen molar-refractivity contribution in [2.24, 2.45) is 0 Å². The van der Waals surface area contributed by atoms with Crippen LogP contribution in [0.1, 0.15) is 11.1 Å². The molecule has 0 amide bonds. The predicted octanol–water partition coefficient (Wildman–Crippen LogP) is 3.07. The summed E-state index contributed by atoms with van der Waals surface area (Å²) in [5.41, 5.74) is -0.471. The Labute approximate surface area is 77.3 Å². The molecule has 0 N–H and O–H groups in total. The van der Waals surface area contributed by atoms with Crippen molar-refractivity contribution in [3.63, 3.8) is 0 Å². The first-order valence-electron chi connectivity index (χ1n) is 3.91. The zero-order chi connectivity index (χ0) is 10.6. The Hall–Kier alpha value is -1.26. The average Bonchev–Trinajstić information content (AvgIpc) is 2.24. The van der Waals surface area contributed by atoms with Gasteiger partial charge in [0.15, 0.2) is 0 Å². The second-order valence-corrected chi connectivity index (χ2v) is 3.14. The summed E-state index contributed by atoms with van der Waals surface area (Å²) in [6.07, 6.45) is -4.44. The number of ether oxygens (including phenoxy) is 1. The number of aryl methyl sites for hydroxylation is 1. The zero-order valence-electron chi connectivity index (χ0n) is 7.15. The molecule has 0 spiro atoms. The van der Waals surface area contributed by atoms with Crippen molar-refractivity contribution in [2.75, 3.05) is 0 Å². The van der Waals surface area contributed by atoms with Crippen LogP contribution in [0.25, 0.3) is 0 Å². The summed E-state index contributed by atoms with van der Waals surface area (Å²) in [6, 6.07) is 3.69. The molecule has 5 heteroatoms. The van der Waals surface area contributed by atoms with E-state index in [4.69, 9.17) is 0 Å². The fraction of sp³-hybridized carbons (Fsp3) is 0.333. The summed E-state index contributed by atoms with van der Waals surface area (Å²) >= 11 is 0. The second-order valence-electron chi connectivity index (χ2n) is 3.14. The molecule has 1 aromatic carbocycles. The normalized spacial score (nSPS) is 21.5. The molecule has 0 radical (unpaired) electrons. The van der Waals surface area contributed by atoms with Crippen LogP contribution in [-0.4, -0.2) is 6.11 Å². The van der Waals surface area contributed by atoms with Crippen LogP contribution in [0.5, 0.6) is 5.75 Å². The summed E-state index contributed by atoms with van der Waals surface area (Å²) < 4.78 is 55.4. The van der Waals surface area contributed by atoms with Gasteiger partial charge in [-0.2, -0.15) is 17.6 Å². The predicted molar refractivity (Wildman–Crippen MR) is 40.6 cm³/mol. The first-order chi connectivity index (χ1) is 6.36. The quantitative estimate of drug-likeness (QED) is 0.592. The molecule has 0 aromatic heterocycles. The van der Waals surface area contributed by atoms with Gasteiger partial charge in [-0.1, -0.05) is 12.1 Å². The number of rotatable bonds is 0. The van der Waals surface area contributed by atoms with Gasteiger partial charge in [0.2, 0.25) is 0 Å². The fourth-order valence-electron chi connectivity index (χ4n) is 1.38. The standard InChI is InChI=1S/C9H6F4O/c1-5-3-2-4-6-7(5)14-9(12,13)8(6,10)11/h2-4H,1H3. The molecule has 0 unspecified atom stereocenters. The molecule has 0 atom stereocenters. The first-order valence-corrected chi connectivity index (χ1v) is 3.91. The Kier molecular flexibility index (Phi) is 1.60. The van der Waals surface area contributed by atoms with E-state index in [-0.39, 0.29) is 5.56 Å². The van der Waals surface area contributed by atoms with E-state index >= 15 is 0 Å². The van der Waals surface area contributed by atoms with Gasteiger partial charge in [-0.05, 0) is 18.6 Å². The van der Waals surface area contributed by atoms with Crippen molar-refractivity contribution in [1.82, 2.24) is 0 Å². The molecule has 76 valence electrons. The maximum absolute atomic E-state index is 13.0. The summed E-state index contributed by atoms with van der Waals surface area (Å²) in [5, 5.41) is 0. The summed E-state index contributed by atoms with van der Waals surface area (Å²) in [7, 11) is 0. The van der Waals surface area contributed by atoms with E-state index in [9.17, 15) is 17.6 Å². The summed E-state index contributed by atoms with van der Waals surface area (Å²) in [6.45, 7) is 1.44. The van der Waals surface area contributed by atoms with Crippen molar-refractivity contribution < 1.29 is 22.3 Å². The summed E-state index contributed by atoms with van der Waals surface area (Å²) in [5.74, 6) is -4.66. The molecule has 1 heterocycles. The minimum Gasteiger partial charge on any atom is -0.427 e. The number of alkyl halides is 4.